The average molecular weight is 267 g/mol. The SMILES string of the molecule is CCNCC(c1ccc(F)cc1F)C1CCCCC1. The molecule has 1 unspecified atom stereocenters. The quantitative estimate of drug-likeness (QED) is 0.841. The molecule has 0 heterocycles. The summed E-state index contributed by atoms with van der Waals surface area (Å²) in [6.07, 6.45) is 6.07. The highest BCUT2D eigenvalue weighted by molar-refractivity contribution is 5.24. The molecule has 1 nitrogen and oxygen atoms in total. The van der Waals surface area contributed by atoms with Gasteiger partial charge in [-0.3, -0.25) is 0 Å². The van der Waals surface area contributed by atoms with Gasteiger partial charge < -0.3 is 5.32 Å². The molecule has 2 rings (SSSR count). The number of halogens is 2. The van der Waals surface area contributed by atoms with Crippen LogP contribution in [0, 0.1) is 17.6 Å². The smallest absolute Gasteiger partial charge is 0.129 e. The summed E-state index contributed by atoms with van der Waals surface area (Å²) < 4.78 is 27.1. The van der Waals surface area contributed by atoms with E-state index in [1.807, 2.05) is 0 Å². The second kappa shape index (κ2) is 6.99. The Balaban J connectivity index is 2.19. The van der Waals surface area contributed by atoms with Gasteiger partial charge in [0, 0.05) is 18.5 Å². The Bertz CT molecular complexity index is 400. The second-order valence-corrected chi connectivity index (χ2v) is 5.48. The molecule has 0 radical (unpaired) electrons. The Labute approximate surface area is 114 Å². The molecule has 1 aromatic rings. The minimum absolute atomic E-state index is 0.167. The zero-order valence-corrected chi connectivity index (χ0v) is 11.6. The zero-order valence-electron chi connectivity index (χ0n) is 11.6. The van der Waals surface area contributed by atoms with Crippen LogP contribution in [0.4, 0.5) is 8.78 Å². The van der Waals surface area contributed by atoms with E-state index < -0.39 is 11.6 Å². The molecule has 1 N–H and O–H groups in total. The summed E-state index contributed by atoms with van der Waals surface area (Å²) in [5.41, 5.74) is 0.675. The maximum absolute atomic E-state index is 14.0. The first-order valence-corrected chi connectivity index (χ1v) is 7.38. The maximum Gasteiger partial charge on any atom is 0.129 e. The normalized spacial score (nSPS) is 18.5. The molecule has 3 heteroatoms. The lowest BCUT2D eigenvalue weighted by Crippen LogP contribution is -2.28. The number of benzene rings is 1. The van der Waals surface area contributed by atoms with Gasteiger partial charge in [-0.1, -0.05) is 32.3 Å². The fraction of sp³-hybridized carbons (Fsp3) is 0.625. The Morgan fingerprint density at radius 3 is 2.58 bits per heavy atom. The minimum atomic E-state index is -0.493. The summed E-state index contributed by atoms with van der Waals surface area (Å²) in [5, 5.41) is 3.33. The van der Waals surface area contributed by atoms with Crippen LogP contribution in [0.1, 0.15) is 50.5 Å². The number of likely N-dealkylation sites (N-methyl/N-ethyl adjacent to an activating group) is 1. The van der Waals surface area contributed by atoms with E-state index in [1.165, 1.54) is 25.3 Å². The van der Waals surface area contributed by atoms with Gasteiger partial charge >= 0.3 is 0 Å². The van der Waals surface area contributed by atoms with Gasteiger partial charge in [0.15, 0.2) is 0 Å². The highest BCUT2D eigenvalue weighted by Crippen LogP contribution is 2.36. The molecule has 0 bridgehead atoms. The average Bonchev–Trinajstić information content (AvgIpc) is 2.42. The number of hydrogen-bond donors (Lipinski definition) is 1. The fourth-order valence-corrected chi connectivity index (χ4v) is 3.17. The standard InChI is InChI=1S/C16H23F2N/c1-2-19-11-15(12-6-4-3-5-7-12)14-9-8-13(17)10-16(14)18/h8-10,12,15,19H,2-7,11H2,1H3. The van der Waals surface area contributed by atoms with Crippen molar-refractivity contribution in [2.75, 3.05) is 13.1 Å². The summed E-state index contributed by atoms with van der Waals surface area (Å²) >= 11 is 0. The number of nitrogens with one attached hydrogen (secondary N) is 1. The summed E-state index contributed by atoms with van der Waals surface area (Å²) in [6.45, 7) is 3.72. The van der Waals surface area contributed by atoms with Crippen molar-refractivity contribution in [2.45, 2.75) is 44.9 Å². The monoisotopic (exact) mass is 267 g/mol. The van der Waals surface area contributed by atoms with Crippen molar-refractivity contribution in [1.82, 2.24) is 5.32 Å². The number of hydrogen-bond acceptors (Lipinski definition) is 1. The van der Waals surface area contributed by atoms with Gasteiger partial charge in [0.25, 0.3) is 0 Å². The van der Waals surface area contributed by atoms with Gasteiger partial charge in [0.1, 0.15) is 11.6 Å². The minimum Gasteiger partial charge on any atom is -0.316 e. The molecule has 0 amide bonds. The number of rotatable bonds is 5. The lowest BCUT2D eigenvalue weighted by atomic mass is 9.76. The van der Waals surface area contributed by atoms with Crippen LogP contribution in [0.15, 0.2) is 18.2 Å². The molecule has 1 aliphatic carbocycles. The van der Waals surface area contributed by atoms with Crippen molar-refractivity contribution in [2.24, 2.45) is 5.92 Å². The molecule has 0 spiro atoms. The van der Waals surface area contributed by atoms with Crippen LogP contribution in [0.3, 0.4) is 0 Å². The molecule has 1 aliphatic rings. The van der Waals surface area contributed by atoms with E-state index in [2.05, 4.69) is 12.2 Å². The highest BCUT2D eigenvalue weighted by atomic mass is 19.1. The van der Waals surface area contributed by atoms with Crippen molar-refractivity contribution < 1.29 is 8.78 Å². The molecule has 1 fully saturated rings. The molecular formula is C16H23F2N. The Hall–Kier alpha value is -0.960. The molecule has 19 heavy (non-hydrogen) atoms. The van der Waals surface area contributed by atoms with Gasteiger partial charge in [0.2, 0.25) is 0 Å². The van der Waals surface area contributed by atoms with E-state index in [-0.39, 0.29) is 5.92 Å². The summed E-state index contributed by atoms with van der Waals surface area (Å²) in [7, 11) is 0. The van der Waals surface area contributed by atoms with Crippen molar-refractivity contribution in [3.63, 3.8) is 0 Å². The van der Waals surface area contributed by atoms with Gasteiger partial charge in [0.05, 0.1) is 0 Å². The third-order valence-corrected chi connectivity index (χ3v) is 4.20. The predicted octanol–water partition coefficient (Wildman–Crippen LogP) is 4.24. The molecule has 1 aromatic carbocycles. The molecule has 1 atom stereocenters. The van der Waals surface area contributed by atoms with Crippen LogP contribution < -0.4 is 5.32 Å². The van der Waals surface area contributed by atoms with Gasteiger partial charge in [-0.2, -0.15) is 0 Å². The van der Waals surface area contributed by atoms with Crippen molar-refractivity contribution in [3.05, 3.63) is 35.4 Å². The maximum atomic E-state index is 14.0. The molecule has 0 aromatic heterocycles. The van der Waals surface area contributed by atoms with E-state index in [1.54, 1.807) is 6.07 Å². The zero-order chi connectivity index (χ0) is 13.7. The van der Waals surface area contributed by atoms with Crippen LogP contribution in [0.25, 0.3) is 0 Å². The Kier molecular flexibility index (Phi) is 5.32. The van der Waals surface area contributed by atoms with E-state index in [4.69, 9.17) is 0 Å². The molecule has 0 aliphatic heterocycles. The van der Waals surface area contributed by atoms with Crippen LogP contribution in [-0.2, 0) is 0 Å². The van der Waals surface area contributed by atoms with E-state index in [9.17, 15) is 8.78 Å². The lowest BCUT2D eigenvalue weighted by Gasteiger charge is -2.31. The first-order chi connectivity index (χ1) is 9.22. The van der Waals surface area contributed by atoms with E-state index in [0.717, 1.165) is 32.0 Å². The Morgan fingerprint density at radius 1 is 1.21 bits per heavy atom. The third kappa shape index (κ3) is 3.75. The summed E-state index contributed by atoms with van der Waals surface area (Å²) in [6, 6.07) is 4.01. The Morgan fingerprint density at radius 2 is 1.95 bits per heavy atom. The van der Waals surface area contributed by atoms with E-state index in [0.29, 0.717) is 11.5 Å². The largest absolute Gasteiger partial charge is 0.316 e. The van der Waals surface area contributed by atoms with Crippen molar-refractivity contribution >= 4 is 0 Å². The van der Waals surface area contributed by atoms with Crippen molar-refractivity contribution in [1.29, 1.82) is 0 Å². The van der Waals surface area contributed by atoms with Gasteiger partial charge in [-0.05, 0) is 36.9 Å². The lowest BCUT2D eigenvalue weighted by molar-refractivity contribution is 0.293. The second-order valence-electron chi connectivity index (χ2n) is 5.48. The van der Waals surface area contributed by atoms with Crippen molar-refractivity contribution in [3.8, 4) is 0 Å². The summed E-state index contributed by atoms with van der Waals surface area (Å²) in [4.78, 5) is 0. The topological polar surface area (TPSA) is 12.0 Å². The fourth-order valence-electron chi connectivity index (χ4n) is 3.17. The first kappa shape index (κ1) is 14.4. The third-order valence-electron chi connectivity index (χ3n) is 4.20. The van der Waals surface area contributed by atoms with Crippen LogP contribution in [0.2, 0.25) is 0 Å². The molecule has 1 saturated carbocycles. The highest BCUT2D eigenvalue weighted by Gasteiger charge is 2.26. The van der Waals surface area contributed by atoms with Gasteiger partial charge in [-0.15, -0.1) is 0 Å². The van der Waals surface area contributed by atoms with Crippen LogP contribution in [0.5, 0.6) is 0 Å². The van der Waals surface area contributed by atoms with Crippen LogP contribution in [-0.4, -0.2) is 13.1 Å². The predicted molar refractivity (Wildman–Crippen MR) is 74.2 cm³/mol. The van der Waals surface area contributed by atoms with Crippen LogP contribution >= 0.6 is 0 Å². The van der Waals surface area contributed by atoms with Gasteiger partial charge in [-0.25, -0.2) is 8.78 Å². The molecule has 0 saturated heterocycles. The van der Waals surface area contributed by atoms with E-state index >= 15 is 0 Å². The first-order valence-electron chi connectivity index (χ1n) is 7.38. The summed E-state index contributed by atoms with van der Waals surface area (Å²) in [5.74, 6) is -0.200. The molecular weight excluding hydrogens is 244 g/mol. The molecule has 106 valence electrons.